The summed E-state index contributed by atoms with van der Waals surface area (Å²) in [6.45, 7) is 0. The van der Waals surface area contributed by atoms with Gasteiger partial charge in [0.2, 0.25) is 0 Å². The lowest BCUT2D eigenvalue weighted by Crippen LogP contribution is -1.93. The van der Waals surface area contributed by atoms with Crippen LogP contribution in [0.4, 0.5) is 0 Å². The number of aryl methyl sites for hydroxylation is 1. The smallest absolute Gasteiger partial charge is 0.141 e. The third-order valence-electron chi connectivity index (χ3n) is 3.36. The van der Waals surface area contributed by atoms with Crippen molar-refractivity contribution in [1.82, 2.24) is 9.55 Å². The summed E-state index contributed by atoms with van der Waals surface area (Å²) in [6, 6.07) is 15.5. The average molecular weight is 263 g/mol. The molecule has 0 aliphatic heterocycles. The first-order valence-corrected chi connectivity index (χ1v) is 6.24. The Morgan fingerprint density at radius 1 is 1.20 bits per heavy atom. The number of aromatic nitrogens is 2. The Morgan fingerprint density at radius 3 is 2.75 bits per heavy atom. The van der Waals surface area contributed by atoms with Crippen LogP contribution in [-0.4, -0.2) is 16.7 Å². The molecule has 0 radical (unpaired) electrons. The highest BCUT2D eigenvalue weighted by atomic mass is 16.5. The second-order valence-corrected chi connectivity index (χ2v) is 4.51. The fourth-order valence-electron chi connectivity index (χ4n) is 2.33. The maximum atomic E-state index is 9.17. The number of para-hydroxylation sites is 1. The zero-order chi connectivity index (χ0) is 14.1. The molecule has 20 heavy (non-hydrogen) atoms. The summed E-state index contributed by atoms with van der Waals surface area (Å²) in [5.41, 5.74) is 3.23. The van der Waals surface area contributed by atoms with Gasteiger partial charge in [-0.3, -0.25) is 0 Å². The monoisotopic (exact) mass is 263 g/mol. The third kappa shape index (κ3) is 1.81. The van der Waals surface area contributed by atoms with E-state index in [1.54, 1.807) is 13.2 Å². The number of hydrogen-bond donors (Lipinski definition) is 0. The second kappa shape index (κ2) is 4.71. The highest BCUT2D eigenvalue weighted by Gasteiger charge is 2.12. The van der Waals surface area contributed by atoms with E-state index in [1.807, 2.05) is 48.0 Å². The summed E-state index contributed by atoms with van der Waals surface area (Å²) < 4.78 is 7.24. The van der Waals surface area contributed by atoms with Crippen LogP contribution in [0.15, 0.2) is 42.5 Å². The first-order chi connectivity index (χ1) is 9.74. The Kier molecular flexibility index (Phi) is 2.88. The number of ether oxygens (including phenoxy) is 1. The fourth-order valence-corrected chi connectivity index (χ4v) is 2.33. The van der Waals surface area contributed by atoms with Crippen molar-refractivity contribution >= 4 is 11.0 Å². The molecule has 1 aromatic heterocycles. The first kappa shape index (κ1) is 12.2. The number of fused-ring (bicyclic) bond motifs is 1. The van der Waals surface area contributed by atoms with E-state index >= 15 is 0 Å². The van der Waals surface area contributed by atoms with Crippen LogP contribution >= 0.6 is 0 Å². The predicted octanol–water partition coefficient (Wildman–Crippen LogP) is 3.12. The molecule has 0 unspecified atom stereocenters. The Balaban J connectivity index is 2.27. The van der Waals surface area contributed by atoms with Crippen LogP contribution < -0.4 is 4.74 Å². The zero-order valence-electron chi connectivity index (χ0n) is 11.3. The van der Waals surface area contributed by atoms with Gasteiger partial charge in [0.25, 0.3) is 0 Å². The molecule has 3 aromatic rings. The number of methoxy groups -OCH3 is 1. The molecule has 98 valence electrons. The van der Waals surface area contributed by atoms with Crippen LogP contribution in [0, 0.1) is 11.3 Å². The summed E-state index contributed by atoms with van der Waals surface area (Å²) >= 11 is 0. The van der Waals surface area contributed by atoms with E-state index in [0.29, 0.717) is 5.56 Å². The first-order valence-electron chi connectivity index (χ1n) is 6.24. The fraction of sp³-hybridized carbons (Fsp3) is 0.125. The molecule has 0 aliphatic carbocycles. The van der Waals surface area contributed by atoms with Crippen molar-refractivity contribution in [3.63, 3.8) is 0 Å². The Bertz CT molecular complexity index is 827. The van der Waals surface area contributed by atoms with Gasteiger partial charge in [0.1, 0.15) is 23.2 Å². The number of imidazole rings is 1. The second-order valence-electron chi connectivity index (χ2n) is 4.51. The molecule has 0 atom stereocenters. The van der Waals surface area contributed by atoms with Gasteiger partial charge in [0, 0.05) is 12.6 Å². The standard InChI is InChI=1S/C16H13N3O/c1-19-14-8-4-6-12(10-17)15(14)18-16(19)11-5-3-7-13(9-11)20-2/h3-9H,1-2H3. The summed E-state index contributed by atoms with van der Waals surface area (Å²) in [7, 11) is 3.59. The molecule has 0 N–H and O–H groups in total. The molecule has 0 aliphatic rings. The Hall–Kier alpha value is -2.80. The normalized spacial score (nSPS) is 10.4. The van der Waals surface area contributed by atoms with Gasteiger partial charge < -0.3 is 9.30 Å². The minimum absolute atomic E-state index is 0.590. The average Bonchev–Trinajstić information content (AvgIpc) is 2.84. The summed E-state index contributed by atoms with van der Waals surface area (Å²) in [5.74, 6) is 1.61. The minimum Gasteiger partial charge on any atom is -0.497 e. The van der Waals surface area contributed by atoms with Crippen molar-refractivity contribution in [2.75, 3.05) is 7.11 Å². The molecule has 3 rings (SSSR count). The SMILES string of the molecule is COc1cccc(-c2nc3c(C#N)cccc3n2C)c1. The molecule has 0 saturated heterocycles. The molecular weight excluding hydrogens is 250 g/mol. The van der Waals surface area contributed by atoms with E-state index in [1.165, 1.54) is 0 Å². The summed E-state index contributed by atoms with van der Waals surface area (Å²) in [4.78, 5) is 4.61. The van der Waals surface area contributed by atoms with Crippen molar-refractivity contribution in [2.45, 2.75) is 0 Å². The molecule has 4 heteroatoms. The van der Waals surface area contributed by atoms with Gasteiger partial charge in [0.05, 0.1) is 18.2 Å². The quantitative estimate of drug-likeness (QED) is 0.713. The van der Waals surface area contributed by atoms with Crippen LogP contribution in [0.3, 0.4) is 0 Å². The molecule has 4 nitrogen and oxygen atoms in total. The maximum absolute atomic E-state index is 9.17. The van der Waals surface area contributed by atoms with Crippen molar-refractivity contribution < 1.29 is 4.74 Å². The van der Waals surface area contributed by atoms with Crippen molar-refractivity contribution in [3.05, 3.63) is 48.0 Å². The topological polar surface area (TPSA) is 50.8 Å². The van der Waals surface area contributed by atoms with E-state index in [9.17, 15) is 0 Å². The summed E-state index contributed by atoms with van der Waals surface area (Å²) in [6.07, 6.45) is 0. The van der Waals surface area contributed by atoms with Gasteiger partial charge in [-0.05, 0) is 24.3 Å². The predicted molar refractivity (Wildman–Crippen MR) is 77.4 cm³/mol. The molecule has 0 bridgehead atoms. The molecular formula is C16H13N3O. The van der Waals surface area contributed by atoms with Crippen LogP contribution in [0.5, 0.6) is 5.75 Å². The van der Waals surface area contributed by atoms with Gasteiger partial charge >= 0.3 is 0 Å². The van der Waals surface area contributed by atoms with E-state index in [4.69, 9.17) is 10.00 Å². The lowest BCUT2D eigenvalue weighted by Gasteiger charge is -2.04. The van der Waals surface area contributed by atoms with Gasteiger partial charge in [0.15, 0.2) is 0 Å². The lowest BCUT2D eigenvalue weighted by molar-refractivity contribution is 0.415. The Morgan fingerprint density at radius 2 is 2.00 bits per heavy atom. The molecule has 1 heterocycles. The van der Waals surface area contributed by atoms with Crippen LogP contribution in [0.2, 0.25) is 0 Å². The summed E-state index contributed by atoms with van der Waals surface area (Å²) in [5, 5.41) is 9.17. The Labute approximate surface area is 116 Å². The van der Waals surface area contributed by atoms with Gasteiger partial charge in [-0.1, -0.05) is 18.2 Å². The van der Waals surface area contributed by atoms with Gasteiger partial charge in [-0.25, -0.2) is 4.98 Å². The van der Waals surface area contributed by atoms with Crippen LogP contribution in [-0.2, 0) is 7.05 Å². The molecule has 2 aromatic carbocycles. The molecule has 0 fully saturated rings. The van der Waals surface area contributed by atoms with E-state index in [0.717, 1.165) is 28.2 Å². The zero-order valence-corrected chi connectivity index (χ0v) is 11.3. The van der Waals surface area contributed by atoms with E-state index in [-0.39, 0.29) is 0 Å². The minimum atomic E-state index is 0.590. The van der Waals surface area contributed by atoms with Crippen molar-refractivity contribution in [3.8, 4) is 23.2 Å². The van der Waals surface area contributed by atoms with Crippen LogP contribution in [0.25, 0.3) is 22.4 Å². The maximum Gasteiger partial charge on any atom is 0.141 e. The lowest BCUT2D eigenvalue weighted by atomic mass is 10.2. The van der Waals surface area contributed by atoms with Gasteiger partial charge in [-0.2, -0.15) is 5.26 Å². The van der Waals surface area contributed by atoms with Crippen molar-refractivity contribution in [2.24, 2.45) is 7.05 Å². The molecule has 0 saturated carbocycles. The van der Waals surface area contributed by atoms with Gasteiger partial charge in [-0.15, -0.1) is 0 Å². The number of rotatable bonds is 2. The largest absolute Gasteiger partial charge is 0.497 e. The number of hydrogen-bond acceptors (Lipinski definition) is 3. The van der Waals surface area contributed by atoms with Crippen LogP contribution in [0.1, 0.15) is 5.56 Å². The third-order valence-corrected chi connectivity index (χ3v) is 3.36. The van der Waals surface area contributed by atoms with E-state index in [2.05, 4.69) is 11.1 Å². The molecule has 0 spiro atoms. The highest BCUT2D eigenvalue weighted by Crippen LogP contribution is 2.27. The van der Waals surface area contributed by atoms with E-state index < -0.39 is 0 Å². The molecule has 0 amide bonds. The number of nitrogens with zero attached hydrogens (tertiary/aromatic N) is 3. The number of nitriles is 1. The highest BCUT2D eigenvalue weighted by molar-refractivity contribution is 5.85. The van der Waals surface area contributed by atoms with Crippen molar-refractivity contribution in [1.29, 1.82) is 5.26 Å². The number of benzene rings is 2.